The fourth-order valence-corrected chi connectivity index (χ4v) is 9.97. The number of hydrogen-bond acceptors (Lipinski definition) is 0. The molecule has 0 aromatic heterocycles. The van der Waals surface area contributed by atoms with Gasteiger partial charge in [-0.1, -0.05) is 101 Å². The van der Waals surface area contributed by atoms with E-state index in [0.29, 0.717) is 17.8 Å². The molecule has 0 spiro atoms. The summed E-state index contributed by atoms with van der Waals surface area (Å²) < 4.78 is 69.3. The molecule has 3 aliphatic rings. The smallest absolute Gasteiger partial charge is 0.194 e. The molecule has 3 aliphatic carbocycles. The summed E-state index contributed by atoms with van der Waals surface area (Å²) in [6, 6.07) is 21.3. The summed E-state index contributed by atoms with van der Waals surface area (Å²) in [5.41, 5.74) is 5.43. The Morgan fingerprint density at radius 1 is 0.400 bits per heavy atom. The van der Waals surface area contributed by atoms with Crippen molar-refractivity contribution in [1.29, 1.82) is 0 Å². The van der Waals surface area contributed by atoms with Crippen molar-refractivity contribution in [2.75, 3.05) is 0 Å². The molecule has 296 valence electrons. The van der Waals surface area contributed by atoms with Gasteiger partial charge in [0.2, 0.25) is 0 Å². The van der Waals surface area contributed by atoms with Crippen LogP contribution in [0.4, 0.5) is 22.0 Å². The molecule has 0 N–H and O–H groups in total. The van der Waals surface area contributed by atoms with Crippen molar-refractivity contribution >= 4 is 0 Å². The van der Waals surface area contributed by atoms with E-state index in [-0.39, 0.29) is 16.9 Å². The Bertz CT molecular complexity index is 1780. The summed E-state index contributed by atoms with van der Waals surface area (Å²) in [6.07, 6.45) is 21.3. The third-order valence-electron chi connectivity index (χ3n) is 13.4. The van der Waals surface area contributed by atoms with Gasteiger partial charge in [-0.05, 0) is 165 Å². The fourth-order valence-electron chi connectivity index (χ4n) is 9.97. The second-order valence-electron chi connectivity index (χ2n) is 17.0. The van der Waals surface area contributed by atoms with E-state index in [0.717, 1.165) is 72.3 Å². The first-order chi connectivity index (χ1) is 26.7. The first-order valence-electron chi connectivity index (χ1n) is 21.5. The second kappa shape index (κ2) is 19.6. The molecule has 0 amide bonds. The van der Waals surface area contributed by atoms with Crippen molar-refractivity contribution in [2.24, 2.45) is 17.8 Å². The normalized spacial score (nSPS) is 24.2. The van der Waals surface area contributed by atoms with Crippen LogP contribution in [-0.4, -0.2) is 0 Å². The molecule has 0 radical (unpaired) electrons. The van der Waals surface area contributed by atoms with Gasteiger partial charge in [0.1, 0.15) is 11.6 Å². The van der Waals surface area contributed by atoms with E-state index in [9.17, 15) is 17.6 Å². The molecule has 5 heteroatoms. The molecule has 3 fully saturated rings. The highest BCUT2D eigenvalue weighted by Gasteiger charge is 2.25. The van der Waals surface area contributed by atoms with E-state index in [4.69, 9.17) is 0 Å². The Labute approximate surface area is 327 Å². The number of rotatable bonds is 10. The van der Waals surface area contributed by atoms with Crippen LogP contribution in [0, 0.1) is 46.8 Å². The zero-order chi connectivity index (χ0) is 38.9. The van der Waals surface area contributed by atoms with Crippen molar-refractivity contribution in [2.45, 2.75) is 148 Å². The third-order valence-corrected chi connectivity index (χ3v) is 13.4. The van der Waals surface area contributed by atoms with Crippen LogP contribution in [-0.2, 0) is 0 Å². The summed E-state index contributed by atoms with van der Waals surface area (Å²) in [4.78, 5) is 0. The average Bonchev–Trinajstić information content (AvgIpc) is 3.21. The highest BCUT2D eigenvalue weighted by molar-refractivity contribution is 5.66. The SMILES string of the molecule is CCC1CCC(c2ccc(-c3cc(F)c(F)c(F)c3)c(F)c2)CC1.CCCC1CCC(c2ccc(-c3ccc(C4CCC(CCC)CC4)cc3F)cc2)CC1. The molecule has 4 aromatic rings. The van der Waals surface area contributed by atoms with Crippen LogP contribution in [0.5, 0.6) is 0 Å². The Kier molecular flexibility index (Phi) is 14.7. The van der Waals surface area contributed by atoms with Crippen LogP contribution in [0.15, 0.2) is 72.8 Å². The zero-order valence-corrected chi connectivity index (χ0v) is 33.3. The molecule has 0 bridgehead atoms. The lowest BCUT2D eigenvalue weighted by atomic mass is 9.77. The molecule has 0 unspecified atom stereocenters. The number of benzene rings is 4. The maximum absolute atomic E-state index is 15.1. The van der Waals surface area contributed by atoms with E-state index in [1.165, 1.54) is 107 Å². The average molecular weight is 757 g/mol. The summed E-state index contributed by atoms with van der Waals surface area (Å²) in [7, 11) is 0. The molecule has 55 heavy (non-hydrogen) atoms. The molecular formula is C50H61F5. The lowest BCUT2D eigenvalue weighted by molar-refractivity contribution is 0.308. The van der Waals surface area contributed by atoms with Crippen molar-refractivity contribution in [3.05, 3.63) is 119 Å². The Morgan fingerprint density at radius 3 is 1.18 bits per heavy atom. The molecule has 0 aliphatic heterocycles. The second-order valence-corrected chi connectivity index (χ2v) is 17.0. The van der Waals surface area contributed by atoms with Gasteiger partial charge in [-0.3, -0.25) is 0 Å². The molecule has 0 atom stereocenters. The highest BCUT2D eigenvalue weighted by Crippen LogP contribution is 2.41. The van der Waals surface area contributed by atoms with Gasteiger partial charge in [-0.2, -0.15) is 0 Å². The Morgan fingerprint density at radius 2 is 0.782 bits per heavy atom. The summed E-state index contributed by atoms with van der Waals surface area (Å²) in [6.45, 7) is 6.78. The molecule has 0 nitrogen and oxygen atoms in total. The van der Waals surface area contributed by atoms with E-state index >= 15 is 4.39 Å². The van der Waals surface area contributed by atoms with Crippen molar-refractivity contribution in [3.8, 4) is 22.3 Å². The number of halogens is 5. The maximum Gasteiger partial charge on any atom is 0.194 e. The predicted octanol–water partition coefficient (Wildman–Crippen LogP) is 16.2. The first kappa shape index (κ1) is 41.2. The molecule has 3 saturated carbocycles. The lowest BCUT2D eigenvalue weighted by Gasteiger charge is -2.29. The maximum atomic E-state index is 15.1. The van der Waals surface area contributed by atoms with Crippen LogP contribution >= 0.6 is 0 Å². The van der Waals surface area contributed by atoms with Crippen molar-refractivity contribution < 1.29 is 22.0 Å². The minimum absolute atomic E-state index is 0.00476. The van der Waals surface area contributed by atoms with Crippen LogP contribution in [0.2, 0.25) is 0 Å². The van der Waals surface area contributed by atoms with Gasteiger partial charge >= 0.3 is 0 Å². The quantitative estimate of drug-likeness (QED) is 0.112. The van der Waals surface area contributed by atoms with Gasteiger partial charge in [0, 0.05) is 11.1 Å². The van der Waals surface area contributed by atoms with Crippen LogP contribution in [0.3, 0.4) is 0 Å². The molecule has 0 saturated heterocycles. The fraction of sp³-hybridized carbons (Fsp3) is 0.520. The van der Waals surface area contributed by atoms with Crippen LogP contribution in [0.1, 0.15) is 164 Å². The molecular weight excluding hydrogens is 696 g/mol. The van der Waals surface area contributed by atoms with E-state index < -0.39 is 23.3 Å². The standard InChI is InChI=1S/C30H41F.C20H20F4/c1-3-5-22-7-11-24(12-8-22)25-15-17-27(18-16-25)29-20-19-28(21-30(29)31)26-13-9-23(6-4-2)10-14-26;1-2-12-3-5-13(6-4-12)14-7-8-16(17(21)9-14)15-10-18(22)20(24)19(23)11-15/h15-24,26H,3-14H2,1-2H3;7-13H,2-6H2,1H3. The summed E-state index contributed by atoms with van der Waals surface area (Å²) in [5, 5.41) is 0. The van der Waals surface area contributed by atoms with E-state index in [1.54, 1.807) is 0 Å². The summed E-state index contributed by atoms with van der Waals surface area (Å²) in [5.74, 6) is -0.592. The van der Waals surface area contributed by atoms with E-state index in [1.807, 2.05) is 18.2 Å². The zero-order valence-electron chi connectivity index (χ0n) is 33.3. The highest BCUT2D eigenvalue weighted by atomic mass is 19.2. The third kappa shape index (κ3) is 10.5. The van der Waals surface area contributed by atoms with Gasteiger partial charge in [0.05, 0.1) is 0 Å². The first-order valence-corrected chi connectivity index (χ1v) is 21.5. The molecule has 4 aromatic carbocycles. The van der Waals surface area contributed by atoms with Crippen molar-refractivity contribution in [3.63, 3.8) is 0 Å². The minimum atomic E-state index is -1.54. The predicted molar refractivity (Wildman–Crippen MR) is 218 cm³/mol. The van der Waals surface area contributed by atoms with Gasteiger partial charge in [0.15, 0.2) is 17.5 Å². The van der Waals surface area contributed by atoms with Crippen molar-refractivity contribution in [1.82, 2.24) is 0 Å². The van der Waals surface area contributed by atoms with Gasteiger partial charge in [0.25, 0.3) is 0 Å². The monoisotopic (exact) mass is 756 g/mol. The van der Waals surface area contributed by atoms with Crippen LogP contribution < -0.4 is 0 Å². The number of hydrogen-bond donors (Lipinski definition) is 0. The van der Waals surface area contributed by atoms with Crippen LogP contribution in [0.25, 0.3) is 22.3 Å². The minimum Gasteiger partial charge on any atom is -0.206 e. The topological polar surface area (TPSA) is 0 Å². The molecule has 7 rings (SSSR count). The lowest BCUT2D eigenvalue weighted by Crippen LogP contribution is -2.13. The van der Waals surface area contributed by atoms with Gasteiger partial charge in [-0.25, -0.2) is 22.0 Å². The summed E-state index contributed by atoms with van der Waals surface area (Å²) >= 11 is 0. The largest absolute Gasteiger partial charge is 0.206 e. The Hall–Kier alpha value is -3.47. The van der Waals surface area contributed by atoms with Gasteiger partial charge < -0.3 is 0 Å². The van der Waals surface area contributed by atoms with Gasteiger partial charge in [-0.15, -0.1) is 0 Å². The van der Waals surface area contributed by atoms with E-state index in [2.05, 4.69) is 51.1 Å². The Balaban J connectivity index is 0.000000193. The molecule has 0 heterocycles.